The molecule has 11 nitrogen and oxygen atoms in total. The van der Waals surface area contributed by atoms with Gasteiger partial charge in [0.15, 0.2) is 17.3 Å². The number of methoxy groups -OCH3 is 1. The van der Waals surface area contributed by atoms with Crippen molar-refractivity contribution in [2.75, 3.05) is 69.1 Å². The third-order valence-corrected chi connectivity index (χ3v) is 8.55. The van der Waals surface area contributed by atoms with Crippen LogP contribution in [0.4, 0.5) is 23.0 Å². The molecule has 0 radical (unpaired) electrons. The number of nitrogens with two attached hydrogens (primary N) is 1. The van der Waals surface area contributed by atoms with Crippen molar-refractivity contribution in [1.82, 2.24) is 19.9 Å². The maximum atomic E-state index is 12.6. The first kappa shape index (κ1) is 27.2. The van der Waals surface area contributed by atoms with Gasteiger partial charge in [-0.25, -0.2) is 9.97 Å². The molecule has 3 aliphatic rings. The molecule has 0 bridgehead atoms. The third kappa shape index (κ3) is 5.77. The van der Waals surface area contributed by atoms with Gasteiger partial charge in [-0.05, 0) is 69.1 Å². The highest BCUT2D eigenvalue weighted by Crippen LogP contribution is 2.43. The Kier molecular flexibility index (Phi) is 7.63. The standard InChI is InChI=1S/C30H38N8O3/c1-37-14-16-38(17-15-37)22-7-5-20(6-8-22)33-29-26(27(31)39)35-25(24-23(40-2)4-3-13-32-24)28(36-29)34-21-9-11-30(12-10-21)18-41-19-30/h3-8,13,21H,9-12,14-19H2,1-2H3,(H2,31,39)(H2,33,34,36). The van der Waals surface area contributed by atoms with E-state index in [0.717, 1.165) is 76.5 Å². The number of primary amides is 1. The van der Waals surface area contributed by atoms with E-state index in [4.69, 9.17) is 25.2 Å². The van der Waals surface area contributed by atoms with Gasteiger partial charge in [0.05, 0.1) is 20.3 Å². The minimum Gasteiger partial charge on any atom is -0.494 e. The van der Waals surface area contributed by atoms with Crippen LogP contribution in [0.25, 0.3) is 11.4 Å². The summed E-state index contributed by atoms with van der Waals surface area (Å²) in [4.78, 5) is 31.5. The highest BCUT2D eigenvalue weighted by atomic mass is 16.5. The first-order valence-electron chi connectivity index (χ1n) is 14.3. The number of hydrogen-bond acceptors (Lipinski definition) is 10. The predicted octanol–water partition coefficient (Wildman–Crippen LogP) is 3.51. The minimum atomic E-state index is -0.679. The number of hydrogen-bond donors (Lipinski definition) is 3. The second kappa shape index (κ2) is 11.5. The number of nitrogens with one attached hydrogen (secondary N) is 2. The first-order chi connectivity index (χ1) is 19.9. The summed E-state index contributed by atoms with van der Waals surface area (Å²) in [6, 6.07) is 12.0. The summed E-state index contributed by atoms with van der Waals surface area (Å²) in [7, 11) is 3.73. The lowest BCUT2D eigenvalue weighted by Gasteiger charge is -2.46. The predicted molar refractivity (Wildman–Crippen MR) is 159 cm³/mol. The van der Waals surface area contributed by atoms with E-state index in [1.807, 2.05) is 18.2 Å². The van der Waals surface area contributed by atoms with Crippen molar-refractivity contribution in [3.63, 3.8) is 0 Å². The largest absolute Gasteiger partial charge is 0.494 e. The van der Waals surface area contributed by atoms with E-state index in [0.29, 0.717) is 34.2 Å². The van der Waals surface area contributed by atoms with Gasteiger partial charge in [0.2, 0.25) is 0 Å². The summed E-state index contributed by atoms with van der Waals surface area (Å²) in [5.74, 6) is 0.691. The molecule has 41 heavy (non-hydrogen) atoms. The SMILES string of the molecule is COc1cccnc1-c1nc(C(N)=O)c(Nc2ccc(N3CCN(C)CC3)cc2)nc1NC1CCC2(CC1)COC2. The van der Waals surface area contributed by atoms with Crippen LogP contribution in [0.5, 0.6) is 5.75 Å². The van der Waals surface area contributed by atoms with Crippen LogP contribution >= 0.6 is 0 Å². The average molecular weight is 559 g/mol. The number of piperazine rings is 1. The number of amides is 1. The monoisotopic (exact) mass is 558 g/mol. The van der Waals surface area contributed by atoms with Crippen LogP contribution in [0, 0.1) is 5.41 Å². The smallest absolute Gasteiger partial charge is 0.271 e. The maximum absolute atomic E-state index is 12.6. The molecule has 2 aliphatic heterocycles. The number of anilines is 4. The van der Waals surface area contributed by atoms with Gasteiger partial charge in [-0.15, -0.1) is 0 Å². The molecule has 1 aromatic carbocycles. The number of benzene rings is 1. The molecule has 1 amide bonds. The Morgan fingerprint density at radius 3 is 2.39 bits per heavy atom. The van der Waals surface area contributed by atoms with Crippen LogP contribution < -0.4 is 26.0 Å². The molecule has 3 aromatic rings. The number of carbonyl (C=O) groups excluding carboxylic acids is 1. The molecule has 4 N–H and O–H groups in total. The van der Waals surface area contributed by atoms with Crippen LogP contribution in [0.1, 0.15) is 36.2 Å². The summed E-state index contributed by atoms with van der Waals surface area (Å²) >= 11 is 0. The Morgan fingerprint density at radius 2 is 1.76 bits per heavy atom. The van der Waals surface area contributed by atoms with E-state index in [1.54, 1.807) is 19.4 Å². The number of pyridine rings is 1. The quantitative estimate of drug-likeness (QED) is 0.377. The van der Waals surface area contributed by atoms with Crippen molar-refractivity contribution in [2.45, 2.75) is 31.7 Å². The lowest BCUT2D eigenvalue weighted by molar-refractivity contribution is -0.131. The summed E-state index contributed by atoms with van der Waals surface area (Å²) in [6.45, 7) is 5.76. The summed E-state index contributed by atoms with van der Waals surface area (Å²) in [5.41, 5.74) is 9.07. The van der Waals surface area contributed by atoms with Gasteiger partial charge in [-0.1, -0.05) is 0 Å². The van der Waals surface area contributed by atoms with Gasteiger partial charge < -0.3 is 35.6 Å². The van der Waals surface area contributed by atoms with E-state index in [1.165, 1.54) is 0 Å². The normalized spacial score (nSPS) is 19.0. The van der Waals surface area contributed by atoms with Crippen LogP contribution in [-0.4, -0.2) is 85.4 Å². The summed E-state index contributed by atoms with van der Waals surface area (Å²) < 4.78 is 11.1. The van der Waals surface area contributed by atoms with Gasteiger partial charge in [-0.2, -0.15) is 0 Å². The lowest BCUT2D eigenvalue weighted by atomic mass is 9.71. The van der Waals surface area contributed by atoms with Gasteiger partial charge >= 0.3 is 0 Å². The van der Waals surface area contributed by atoms with Gasteiger partial charge in [-0.3, -0.25) is 9.78 Å². The van der Waals surface area contributed by atoms with E-state index in [9.17, 15) is 4.79 Å². The Bertz CT molecular complexity index is 1380. The molecule has 0 unspecified atom stereocenters. The molecule has 4 heterocycles. The molecule has 2 saturated heterocycles. The topological polar surface area (TPSA) is 131 Å². The maximum Gasteiger partial charge on any atom is 0.271 e. The van der Waals surface area contributed by atoms with E-state index in [-0.39, 0.29) is 11.7 Å². The average Bonchev–Trinajstić information content (AvgIpc) is 2.97. The van der Waals surface area contributed by atoms with Crippen LogP contribution in [0.3, 0.4) is 0 Å². The Balaban J connectivity index is 1.31. The second-order valence-electron chi connectivity index (χ2n) is 11.4. The Labute approximate surface area is 240 Å². The molecule has 0 atom stereocenters. The van der Waals surface area contributed by atoms with Crippen LogP contribution in [0.2, 0.25) is 0 Å². The number of nitrogens with zero attached hydrogens (tertiary/aromatic N) is 5. The molecule has 1 aliphatic carbocycles. The van der Waals surface area contributed by atoms with Crippen molar-refractivity contribution in [1.29, 1.82) is 0 Å². The fraction of sp³-hybridized carbons (Fsp3) is 0.467. The molecule has 11 heteroatoms. The van der Waals surface area contributed by atoms with E-state index in [2.05, 4.69) is 44.6 Å². The van der Waals surface area contributed by atoms with E-state index < -0.39 is 5.91 Å². The van der Waals surface area contributed by atoms with Crippen molar-refractivity contribution in [3.8, 4) is 17.1 Å². The Morgan fingerprint density at radius 1 is 1.02 bits per heavy atom. The number of ether oxygens (including phenoxy) is 2. The lowest BCUT2D eigenvalue weighted by Crippen LogP contribution is -2.47. The number of aromatic nitrogens is 3. The fourth-order valence-electron chi connectivity index (χ4n) is 5.90. The van der Waals surface area contributed by atoms with Gasteiger partial charge in [0, 0.05) is 55.2 Å². The first-order valence-corrected chi connectivity index (χ1v) is 14.3. The summed E-state index contributed by atoms with van der Waals surface area (Å²) in [6.07, 6.45) is 5.87. The number of rotatable bonds is 8. The van der Waals surface area contributed by atoms with Crippen molar-refractivity contribution < 1.29 is 14.3 Å². The molecule has 3 fully saturated rings. The minimum absolute atomic E-state index is 0.0376. The highest BCUT2D eigenvalue weighted by molar-refractivity contribution is 5.97. The summed E-state index contributed by atoms with van der Waals surface area (Å²) in [5, 5.41) is 6.92. The third-order valence-electron chi connectivity index (χ3n) is 8.55. The van der Waals surface area contributed by atoms with E-state index >= 15 is 0 Å². The van der Waals surface area contributed by atoms with Crippen LogP contribution in [0.15, 0.2) is 42.6 Å². The van der Waals surface area contributed by atoms with Crippen molar-refractivity contribution in [2.24, 2.45) is 11.1 Å². The molecule has 216 valence electrons. The molecule has 6 rings (SSSR count). The van der Waals surface area contributed by atoms with Crippen molar-refractivity contribution >= 4 is 28.9 Å². The molecular formula is C30H38N8O3. The number of likely N-dealkylation sites (N-methyl/N-ethyl adjacent to an activating group) is 1. The Hall–Kier alpha value is -3.96. The molecule has 2 aromatic heterocycles. The zero-order chi connectivity index (χ0) is 28.4. The van der Waals surface area contributed by atoms with Gasteiger partial charge in [0.1, 0.15) is 17.1 Å². The molecular weight excluding hydrogens is 520 g/mol. The van der Waals surface area contributed by atoms with Crippen molar-refractivity contribution in [3.05, 3.63) is 48.3 Å². The fourth-order valence-corrected chi connectivity index (χ4v) is 5.90. The van der Waals surface area contributed by atoms with Gasteiger partial charge in [0.25, 0.3) is 5.91 Å². The second-order valence-corrected chi connectivity index (χ2v) is 11.4. The van der Waals surface area contributed by atoms with Crippen LogP contribution in [-0.2, 0) is 4.74 Å². The number of carbonyl (C=O) groups is 1. The zero-order valence-corrected chi connectivity index (χ0v) is 23.7. The molecule has 1 spiro atoms. The highest BCUT2D eigenvalue weighted by Gasteiger charge is 2.41. The zero-order valence-electron chi connectivity index (χ0n) is 23.7. The molecule has 1 saturated carbocycles.